The van der Waals surface area contributed by atoms with Crippen LogP contribution in [0, 0.1) is 0 Å². The molecule has 2 amide bonds. The SMILES string of the molecule is CCN(CC)S(=O)(=O)c1ccc(/C=C/C(=O)N(C)CC(=O)N(C)C)cc1. The number of hydrogen-bond acceptors (Lipinski definition) is 4. The maximum atomic E-state index is 12.4. The van der Waals surface area contributed by atoms with Crippen molar-refractivity contribution in [3.63, 3.8) is 0 Å². The van der Waals surface area contributed by atoms with Gasteiger partial charge in [-0.25, -0.2) is 8.42 Å². The Labute approximate surface area is 155 Å². The van der Waals surface area contributed by atoms with E-state index in [-0.39, 0.29) is 23.3 Å². The van der Waals surface area contributed by atoms with Crippen LogP contribution in [0.3, 0.4) is 0 Å². The van der Waals surface area contributed by atoms with Crippen molar-refractivity contribution in [2.75, 3.05) is 40.8 Å². The predicted molar refractivity (Wildman–Crippen MR) is 102 cm³/mol. The van der Waals surface area contributed by atoms with E-state index in [9.17, 15) is 18.0 Å². The van der Waals surface area contributed by atoms with Gasteiger partial charge in [-0.05, 0) is 23.8 Å². The molecule has 1 rings (SSSR count). The molecule has 0 saturated carbocycles. The van der Waals surface area contributed by atoms with Crippen molar-refractivity contribution in [2.24, 2.45) is 0 Å². The lowest BCUT2D eigenvalue weighted by Crippen LogP contribution is -2.36. The summed E-state index contributed by atoms with van der Waals surface area (Å²) in [5.74, 6) is -0.472. The highest BCUT2D eigenvalue weighted by molar-refractivity contribution is 7.89. The minimum atomic E-state index is -3.49. The third kappa shape index (κ3) is 5.67. The third-order valence-electron chi connectivity index (χ3n) is 3.89. The van der Waals surface area contributed by atoms with Crippen molar-refractivity contribution >= 4 is 27.9 Å². The molecule has 0 atom stereocenters. The summed E-state index contributed by atoms with van der Waals surface area (Å²) in [5.41, 5.74) is 0.698. The van der Waals surface area contributed by atoms with Gasteiger partial charge in [-0.3, -0.25) is 9.59 Å². The van der Waals surface area contributed by atoms with Crippen molar-refractivity contribution < 1.29 is 18.0 Å². The first-order valence-electron chi connectivity index (χ1n) is 8.37. The van der Waals surface area contributed by atoms with Crippen LogP contribution in [0.2, 0.25) is 0 Å². The Hall–Kier alpha value is -2.19. The van der Waals surface area contributed by atoms with Gasteiger partial charge in [-0.2, -0.15) is 4.31 Å². The minimum Gasteiger partial charge on any atom is -0.347 e. The first-order valence-corrected chi connectivity index (χ1v) is 9.81. The fourth-order valence-corrected chi connectivity index (χ4v) is 3.64. The Morgan fingerprint density at radius 1 is 1.00 bits per heavy atom. The molecule has 7 nitrogen and oxygen atoms in total. The molecule has 26 heavy (non-hydrogen) atoms. The highest BCUT2D eigenvalue weighted by Crippen LogP contribution is 2.16. The molecule has 0 aromatic heterocycles. The number of carbonyl (C=O) groups excluding carboxylic acids is 2. The molecule has 144 valence electrons. The fraction of sp³-hybridized carbons (Fsp3) is 0.444. The number of benzene rings is 1. The Bertz CT molecular complexity index is 751. The fourth-order valence-electron chi connectivity index (χ4n) is 2.18. The zero-order valence-electron chi connectivity index (χ0n) is 16.0. The molecule has 0 bridgehead atoms. The molecular formula is C18H27N3O4S. The molecule has 0 spiro atoms. The number of sulfonamides is 1. The zero-order valence-corrected chi connectivity index (χ0v) is 16.8. The molecule has 0 radical (unpaired) electrons. The van der Waals surface area contributed by atoms with Gasteiger partial charge in [0.25, 0.3) is 0 Å². The van der Waals surface area contributed by atoms with E-state index < -0.39 is 10.0 Å². The second-order valence-electron chi connectivity index (χ2n) is 5.97. The molecule has 0 saturated heterocycles. The van der Waals surface area contributed by atoms with Crippen LogP contribution in [0.5, 0.6) is 0 Å². The van der Waals surface area contributed by atoms with Crippen LogP contribution < -0.4 is 0 Å². The average molecular weight is 381 g/mol. The maximum Gasteiger partial charge on any atom is 0.246 e. The molecule has 1 aromatic carbocycles. The van der Waals surface area contributed by atoms with E-state index in [1.807, 2.05) is 0 Å². The highest BCUT2D eigenvalue weighted by atomic mass is 32.2. The van der Waals surface area contributed by atoms with Crippen molar-refractivity contribution in [2.45, 2.75) is 18.7 Å². The standard InChI is InChI=1S/C18H27N3O4S/c1-6-21(7-2)26(24,25)16-11-8-15(9-12-16)10-13-17(22)20(5)14-18(23)19(3)4/h8-13H,6-7,14H2,1-5H3/b13-10+. The zero-order chi connectivity index (χ0) is 19.9. The summed E-state index contributed by atoms with van der Waals surface area (Å²) >= 11 is 0. The summed E-state index contributed by atoms with van der Waals surface area (Å²) in [6.45, 7) is 4.40. The Balaban J connectivity index is 2.82. The van der Waals surface area contributed by atoms with Gasteiger partial charge in [-0.1, -0.05) is 26.0 Å². The van der Waals surface area contributed by atoms with Crippen LogP contribution >= 0.6 is 0 Å². The number of nitrogens with zero attached hydrogens (tertiary/aromatic N) is 3. The summed E-state index contributed by atoms with van der Waals surface area (Å²) in [6, 6.07) is 6.34. The lowest BCUT2D eigenvalue weighted by Gasteiger charge is -2.18. The van der Waals surface area contributed by atoms with E-state index in [1.54, 1.807) is 53.2 Å². The van der Waals surface area contributed by atoms with Gasteiger partial charge in [-0.15, -0.1) is 0 Å². The smallest absolute Gasteiger partial charge is 0.246 e. The maximum absolute atomic E-state index is 12.4. The average Bonchev–Trinajstić information content (AvgIpc) is 2.60. The summed E-state index contributed by atoms with van der Waals surface area (Å²) < 4.78 is 26.2. The summed E-state index contributed by atoms with van der Waals surface area (Å²) in [5, 5.41) is 0. The van der Waals surface area contributed by atoms with Crippen LogP contribution in [-0.2, 0) is 19.6 Å². The van der Waals surface area contributed by atoms with Gasteiger partial charge in [0.1, 0.15) is 0 Å². The highest BCUT2D eigenvalue weighted by Gasteiger charge is 2.21. The first kappa shape index (κ1) is 21.9. The third-order valence-corrected chi connectivity index (χ3v) is 5.95. The Morgan fingerprint density at radius 3 is 2.00 bits per heavy atom. The molecule has 0 aliphatic heterocycles. The van der Waals surface area contributed by atoms with E-state index in [1.165, 1.54) is 32.3 Å². The van der Waals surface area contributed by atoms with Crippen LogP contribution in [0.25, 0.3) is 6.08 Å². The molecule has 0 aliphatic rings. The van der Waals surface area contributed by atoms with E-state index in [2.05, 4.69) is 0 Å². The molecule has 1 aromatic rings. The van der Waals surface area contributed by atoms with Crippen LogP contribution in [0.15, 0.2) is 35.2 Å². The van der Waals surface area contributed by atoms with Gasteiger partial charge >= 0.3 is 0 Å². The molecule has 0 heterocycles. The molecular weight excluding hydrogens is 354 g/mol. The van der Waals surface area contributed by atoms with Gasteiger partial charge < -0.3 is 9.80 Å². The molecule has 0 unspecified atom stereocenters. The summed E-state index contributed by atoms with van der Waals surface area (Å²) in [4.78, 5) is 26.6. The van der Waals surface area contributed by atoms with Gasteiger partial charge in [0.15, 0.2) is 0 Å². The quantitative estimate of drug-likeness (QED) is 0.636. The number of amides is 2. The lowest BCUT2D eigenvalue weighted by molar-refractivity contribution is -0.135. The van der Waals surface area contributed by atoms with E-state index in [0.29, 0.717) is 18.7 Å². The van der Waals surface area contributed by atoms with Crippen molar-refractivity contribution in [3.8, 4) is 0 Å². The van der Waals surface area contributed by atoms with E-state index >= 15 is 0 Å². The monoisotopic (exact) mass is 381 g/mol. The van der Waals surface area contributed by atoms with Gasteiger partial charge in [0.2, 0.25) is 21.8 Å². The van der Waals surface area contributed by atoms with Crippen molar-refractivity contribution in [1.82, 2.24) is 14.1 Å². The van der Waals surface area contributed by atoms with Crippen molar-refractivity contribution in [3.05, 3.63) is 35.9 Å². The second kappa shape index (κ2) is 9.49. The Kier molecular flexibility index (Phi) is 7.98. The second-order valence-corrected chi connectivity index (χ2v) is 7.91. The number of likely N-dealkylation sites (N-methyl/N-ethyl adjacent to an activating group) is 2. The van der Waals surface area contributed by atoms with E-state index in [4.69, 9.17) is 0 Å². The molecule has 0 aliphatic carbocycles. The normalized spacial score (nSPS) is 11.8. The lowest BCUT2D eigenvalue weighted by atomic mass is 10.2. The van der Waals surface area contributed by atoms with Crippen LogP contribution in [0.1, 0.15) is 19.4 Å². The van der Waals surface area contributed by atoms with Crippen LogP contribution in [-0.4, -0.2) is 75.1 Å². The Morgan fingerprint density at radius 2 is 1.54 bits per heavy atom. The number of hydrogen-bond donors (Lipinski definition) is 0. The summed E-state index contributed by atoms with van der Waals surface area (Å²) in [6.07, 6.45) is 2.95. The topological polar surface area (TPSA) is 78.0 Å². The molecule has 0 fully saturated rings. The van der Waals surface area contributed by atoms with Crippen molar-refractivity contribution in [1.29, 1.82) is 0 Å². The number of carbonyl (C=O) groups is 2. The molecule has 0 N–H and O–H groups in total. The van der Waals surface area contributed by atoms with Crippen LogP contribution in [0.4, 0.5) is 0 Å². The molecule has 8 heteroatoms. The first-order chi connectivity index (χ1) is 12.1. The number of rotatable bonds is 8. The largest absolute Gasteiger partial charge is 0.347 e. The minimum absolute atomic E-state index is 0.00275. The summed E-state index contributed by atoms with van der Waals surface area (Å²) in [7, 11) is 1.32. The van der Waals surface area contributed by atoms with Gasteiger partial charge in [0.05, 0.1) is 11.4 Å². The van der Waals surface area contributed by atoms with Gasteiger partial charge in [0, 0.05) is 40.3 Å². The predicted octanol–water partition coefficient (Wildman–Crippen LogP) is 1.28. The van der Waals surface area contributed by atoms with E-state index in [0.717, 1.165) is 0 Å².